The molecular formula is C12H14N3O2S-. The monoisotopic (exact) mass is 264 g/mol. The molecule has 5 nitrogen and oxygen atoms in total. The third-order valence-corrected chi connectivity index (χ3v) is 3.86. The van der Waals surface area contributed by atoms with Gasteiger partial charge in [-0.25, -0.2) is 9.97 Å². The number of rotatable bonds is 4. The zero-order valence-electron chi connectivity index (χ0n) is 10.5. The number of aliphatic carboxylic acids is 1. The van der Waals surface area contributed by atoms with Crippen LogP contribution in [0.2, 0.25) is 0 Å². The van der Waals surface area contributed by atoms with Crippen LogP contribution in [0.4, 0.5) is 5.82 Å². The molecule has 0 aliphatic heterocycles. The van der Waals surface area contributed by atoms with E-state index in [-0.39, 0.29) is 6.42 Å². The fourth-order valence-electron chi connectivity index (χ4n) is 1.77. The quantitative estimate of drug-likeness (QED) is 0.896. The Morgan fingerprint density at radius 1 is 1.33 bits per heavy atom. The van der Waals surface area contributed by atoms with Crippen LogP contribution in [0.25, 0.3) is 10.2 Å². The van der Waals surface area contributed by atoms with E-state index in [0.29, 0.717) is 18.2 Å². The molecule has 0 radical (unpaired) electrons. The molecule has 0 saturated heterocycles. The van der Waals surface area contributed by atoms with Gasteiger partial charge in [0.15, 0.2) is 0 Å². The molecule has 2 aromatic rings. The minimum absolute atomic E-state index is 0.0350. The number of carbonyl (C=O) groups excluding carboxylic acids is 1. The van der Waals surface area contributed by atoms with E-state index < -0.39 is 5.97 Å². The van der Waals surface area contributed by atoms with Crippen LogP contribution in [0.15, 0.2) is 0 Å². The summed E-state index contributed by atoms with van der Waals surface area (Å²) in [5.74, 6) is 0.322. The molecule has 18 heavy (non-hydrogen) atoms. The average molecular weight is 264 g/mol. The molecule has 0 unspecified atom stereocenters. The molecule has 0 aromatic carbocycles. The Hall–Kier alpha value is -1.69. The lowest BCUT2D eigenvalue weighted by molar-refractivity contribution is -0.305. The molecule has 0 aliphatic carbocycles. The van der Waals surface area contributed by atoms with Crippen molar-refractivity contribution in [2.75, 3.05) is 11.9 Å². The first-order valence-corrected chi connectivity index (χ1v) is 6.48. The molecule has 2 rings (SSSR count). The van der Waals surface area contributed by atoms with Crippen LogP contribution >= 0.6 is 11.3 Å². The number of hydrogen-bond donors (Lipinski definition) is 1. The summed E-state index contributed by atoms with van der Waals surface area (Å²) in [6.45, 7) is 6.20. The highest BCUT2D eigenvalue weighted by Crippen LogP contribution is 2.33. The smallest absolute Gasteiger partial charge is 0.138 e. The van der Waals surface area contributed by atoms with Crippen molar-refractivity contribution in [3.63, 3.8) is 0 Å². The third-order valence-electron chi connectivity index (χ3n) is 2.76. The average Bonchev–Trinajstić information content (AvgIpc) is 2.53. The first kappa shape index (κ1) is 12.8. The Kier molecular flexibility index (Phi) is 3.47. The number of aryl methyl sites for hydroxylation is 3. The highest BCUT2D eigenvalue weighted by molar-refractivity contribution is 7.18. The number of carboxylic acids is 1. The first-order valence-electron chi connectivity index (χ1n) is 5.67. The first-order chi connectivity index (χ1) is 8.49. The van der Waals surface area contributed by atoms with Crippen LogP contribution in [0.5, 0.6) is 0 Å². The number of nitrogens with zero attached hydrogens (tertiary/aromatic N) is 2. The molecule has 0 saturated carbocycles. The van der Waals surface area contributed by atoms with E-state index in [1.165, 1.54) is 4.88 Å². The molecule has 6 heteroatoms. The number of anilines is 1. The molecule has 0 bridgehead atoms. The number of aromatic nitrogens is 2. The van der Waals surface area contributed by atoms with E-state index >= 15 is 0 Å². The van der Waals surface area contributed by atoms with Crippen molar-refractivity contribution in [1.29, 1.82) is 0 Å². The van der Waals surface area contributed by atoms with Crippen molar-refractivity contribution in [3.8, 4) is 0 Å². The van der Waals surface area contributed by atoms with Crippen LogP contribution in [0.3, 0.4) is 0 Å². The summed E-state index contributed by atoms with van der Waals surface area (Å²) in [6, 6.07) is 0. The van der Waals surface area contributed by atoms with Crippen LogP contribution in [0.1, 0.15) is 22.7 Å². The molecule has 0 amide bonds. The molecule has 0 fully saturated rings. The third kappa shape index (κ3) is 2.43. The normalized spacial score (nSPS) is 10.8. The van der Waals surface area contributed by atoms with Crippen molar-refractivity contribution in [2.45, 2.75) is 27.2 Å². The Morgan fingerprint density at radius 3 is 2.72 bits per heavy atom. The summed E-state index contributed by atoms with van der Waals surface area (Å²) in [4.78, 5) is 21.3. The number of carbonyl (C=O) groups is 1. The molecule has 2 aromatic heterocycles. The lowest BCUT2D eigenvalue weighted by Crippen LogP contribution is -2.25. The fraction of sp³-hybridized carbons (Fsp3) is 0.417. The molecule has 0 spiro atoms. The predicted octanol–water partition coefficient (Wildman–Crippen LogP) is 1.17. The second-order valence-electron chi connectivity index (χ2n) is 4.13. The maximum atomic E-state index is 10.4. The van der Waals surface area contributed by atoms with Crippen molar-refractivity contribution in [2.24, 2.45) is 0 Å². The van der Waals surface area contributed by atoms with Gasteiger partial charge in [0.25, 0.3) is 0 Å². The Labute approximate surface area is 109 Å². The number of hydrogen-bond acceptors (Lipinski definition) is 6. The van der Waals surface area contributed by atoms with Gasteiger partial charge in [0.05, 0.1) is 5.39 Å². The van der Waals surface area contributed by atoms with E-state index in [1.807, 2.05) is 20.8 Å². The summed E-state index contributed by atoms with van der Waals surface area (Å²) in [5.41, 5.74) is 1.14. The number of thiophene rings is 1. The van der Waals surface area contributed by atoms with Crippen LogP contribution in [0, 0.1) is 20.8 Å². The summed E-state index contributed by atoms with van der Waals surface area (Å²) >= 11 is 1.63. The van der Waals surface area contributed by atoms with Gasteiger partial charge in [-0.15, -0.1) is 11.3 Å². The van der Waals surface area contributed by atoms with Crippen molar-refractivity contribution in [3.05, 3.63) is 16.3 Å². The zero-order valence-corrected chi connectivity index (χ0v) is 11.3. The second kappa shape index (κ2) is 4.89. The molecule has 96 valence electrons. The molecule has 2 heterocycles. The number of nitrogens with one attached hydrogen (secondary N) is 1. The number of fused-ring (bicyclic) bond motifs is 1. The lowest BCUT2D eigenvalue weighted by Gasteiger charge is -2.08. The Morgan fingerprint density at radius 2 is 2.06 bits per heavy atom. The second-order valence-corrected chi connectivity index (χ2v) is 5.33. The lowest BCUT2D eigenvalue weighted by atomic mass is 10.2. The molecule has 0 aliphatic rings. The minimum atomic E-state index is -1.07. The van der Waals surface area contributed by atoms with Crippen LogP contribution < -0.4 is 10.4 Å². The van der Waals surface area contributed by atoms with Crippen molar-refractivity contribution >= 4 is 33.3 Å². The Bertz CT molecular complexity index is 607. The topological polar surface area (TPSA) is 77.9 Å². The SMILES string of the molecule is Cc1nc(NCCC(=O)[O-])c2c(C)c(C)sc2n1. The Balaban J connectivity index is 2.38. The summed E-state index contributed by atoms with van der Waals surface area (Å²) in [6.07, 6.45) is -0.0350. The van der Waals surface area contributed by atoms with E-state index in [4.69, 9.17) is 0 Å². The summed E-state index contributed by atoms with van der Waals surface area (Å²) in [5, 5.41) is 14.4. The van der Waals surface area contributed by atoms with Gasteiger partial charge in [-0.2, -0.15) is 0 Å². The van der Waals surface area contributed by atoms with E-state index in [9.17, 15) is 9.90 Å². The van der Waals surface area contributed by atoms with Crippen molar-refractivity contribution < 1.29 is 9.90 Å². The molecule has 0 atom stereocenters. The van der Waals surface area contributed by atoms with Gasteiger partial charge in [-0.05, 0) is 26.3 Å². The van der Waals surface area contributed by atoms with Gasteiger partial charge in [-0.1, -0.05) is 0 Å². The maximum absolute atomic E-state index is 10.4. The minimum Gasteiger partial charge on any atom is -0.550 e. The van der Waals surface area contributed by atoms with Gasteiger partial charge < -0.3 is 15.2 Å². The number of carboxylic acid groups (broad SMARTS) is 1. The largest absolute Gasteiger partial charge is 0.550 e. The van der Waals surface area contributed by atoms with E-state index in [0.717, 1.165) is 15.8 Å². The van der Waals surface area contributed by atoms with E-state index in [1.54, 1.807) is 11.3 Å². The van der Waals surface area contributed by atoms with Gasteiger partial charge >= 0.3 is 0 Å². The highest BCUT2D eigenvalue weighted by atomic mass is 32.1. The highest BCUT2D eigenvalue weighted by Gasteiger charge is 2.12. The maximum Gasteiger partial charge on any atom is 0.138 e. The van der Waals surface area contributed by atoms with Crippen molar-refractivity contribution in [1.82, 2.24) is 9.97 Å². The van der Waals surface area contributed by atoms with Gasteiger partial charge in [0, 0.05) is 23.8 Å². The summed E-state index contributed by atoms with van der Waals surface area (Å²) < 4.78 is 0. The fourth-order valence-corrected chi connectivity index (χ4v) is 2.84. The van der Waals surface area contributed by atoms with Gasteiger partial charge in [0.1, 0.15) is 16.5 Å². The van der Waals surface area contributed by atoms with E-state index in [2.05, 4.69) is 15.3 Å². The standard InChI is InChI=1S/C12H15N3O2S/c1-6-7(2)18-12-10(6)11(14-8(3)15-12)13-5-4-9(16)17/h4-5H2,1-3H3,(H,16,17)(H,13,14,15)/p-1. The zero-order chi connectivity index (χ0) is 13.3. The van der Waals surface area contributed by atoms with Gasteiger partial charge in [-0.3, -0.25) is 0 Å². The predicted molar refractivity (Wildman–Crippen MR) is 69.7 cm³/mol. The molecular weight excluding hydrogens is 250 g/mol. The molecule has 1 N–H and O–H groups in total. The van der Waals surface area contributed by atoms with Crippen LogP contribution in [-0.4, -0.2) is 22.5 Å². The van der Waals surface area contributed by atoms with Crippen LogP contribution in [-0.2, 0) is 4.79 Å². The summed E-state index contributed by atoms with van der Waals surface area (Å²) in [7, 11) is 0. The van der Waals surface area contributed by atoms with Gasteiger partial charge in [0.2, 0.25) is 0 Å².